The fourth-order valence-electron chi connectivity index (χ4n) is 4.31. The third-order valence-corrected chi connectivity index (χ3v) is 5.83. The van der Waals surface area contributed by atoms with Crippen molar-refractivity contribution in [2.24, 2.45) is 10.9 Å². The van der Waals surface area contributed by atoms with Gasteiger partial charge in [0, 0.05) is 23.2 Å². The highest BCUT2D eigenvalue weighted by Crippen LogP contribution is 2.32. The Bertz CT molecular complexity index is 1060. The summed E-state index contributed by atoms with van der Waals surface area (Å²) >= 11 is 0. The minimum absolute atomic E-state index is 0.167. The van der Waals surface area contributed by atoms with Crippen molar-refractivity contribution >= 4 is 34.7 Å². The zero-order chi connectivity index (χ0) is 20.5. The molecule has 1 aromatic carbocycles. The highest BCUT2D eigenvalue weighted by atomic mass is 16.2. The molecule has 1 atom stereocenters. The number of benzene rings is 1. The molecule has 1 aliphatic heterocycles. The summed E-state index contributed by atoms with van der Waals surface area (Å²) < 4.78 is 1.95. The first-order valence-corrected chi connectivity index (χ1v) is 10.00. The number of aromatic nitrogens is 2. The van der Waals surface area contributed by atoms with E-state index in [0.29, 0.717) is 22.9 Å². The molecule has 0 spiro atoms. The van der Waals surface area contributed by atoms with Crippen molar-refractivity contribution in [3.05, 3.63) is 41.1 Å². The third kappa shape index (κ3) is 3.64. The van der Waals surface area contributed by atoms with Gasteiger partial charge in [-0.25, -0.2) is 4.99 Å². The Hall–Kier alpha value is -3.09. The molecule has 0 radical (unpaired) electrons. The van der Waals surface area contributed by atoms with Gasteiger partial charge in [-0.1, -0.05) is 18.4 Å². The summed E-state index contributed by atoms with van der Waals surface area (Å²) in [6.07, 6.45) is 8.74. The van der Waals surface area contributed by atoms with Crippen LogP contribution in [0, 0.1) is 5.92 Å². The molecule has 1 fully saturated rings. The molecule has 29 heavy (non-hydrogen) atoms. The van der Waals surface area contributed by atoms with Crippen LogP contribution in [0.2, 0.25) is 0 Å². The number of carbonyl (C=O) groups excluding carboxylic acids is 3. The number of nitrogens with zero attached hydrogens (tertiary/aromatic N) is 3. The van der Waals surface area contributed by atoms with Crippen LogP contribution in [0.4, 0.5) is 0 Å². The summed E-state index contributed by atoms with van der Waals surface area (Å²) in [5.74, 6) is -1.03. The van der Waals surface area contributed by atoms with Crippen molar-refractivity contribution in [1.82, 2.24) is 15.1 Å². The van der Waals surface area contributed by atoms with Crippen LogP contribution in [0.1, 0.15) is 66.3 Å². The van der Waals surface area contributed by atoms with Gasteiger partial charge < -0.3 is 5.32 Å². The van der Waals surface area contributed by atoms with E-state index in [1.165, 1.54) is 0 Å². The lowest BCUT2D eigenvalue weighted by molar-refractivity contribution is -0.120. The van der Waals surface area contributed by atoms with Gasteiger partial charge in [-0.05, 0) is 44.9 Å². The second-order valence-corrected chi connectivity index (χ2v) is 7.89. The summed E-state index contributed by atoms with van der Waals surface area (Å²) in [4.78, 5) is 40.6. The van der Waals surface area contributed by atoms with Crippen LogP contribution in [-0.4, -0.2) is 40.1 Å². The van der Waals surface area contributed by atoms with Crippen LogP contribution in [0.25, 0.3) is 10.9 Å². The summed E-state index contributed by atoms with van der Waals surface area (Å²) in [7, 11) is 0. The van der Waals surface area contributed by atoms with Crippen LogP contribution in [0.15, 0.2) is 35.0 Å². The highest BCUT2D eigenvalue weighted by Gasteiger charge is 2.26. The lowest BCUT2D eigenvalue weighted by Gasteiger charge is -2.19. The molecule has 1 N–H and O–H groups in total. The van der Waals surface area contributed by atoms with Crippen LogP contribution in [0.3, 0.4) is 0 Å². The molecular weight excluding hydrogens is 368 g/mol. The lowest BCUT2D eigenvalue weighted by Crippen LogP contribution is -2.34. The summed E-state index contributed by atoms with van der Waals surface area (Å²) in [6.45, 7) is 3.81. The van der Waals surface area contributed by atoms with Crippen molar-refractivity contribution in [1.29, 1.82) is 0 Å². The van der Waals surface area contributed by atoms with Crippen molar-refractivity contribution in [2.75, 3.05) is 6.54 Å². The maximum Gasteiger partial charge on any atom is 0.254 e. The summed E-state index contributed by atoms with van der Waals surface area (Å²) in [5.41, 5.74) is 3.20. The van der Waals surface area contributed by atoms with E-state index >= 15 is 0 Å². The van der Waals surface area contributed by atoms with E-state index in [1.54, 1.807) is 25.3 Å². The molecule has 0 bridgehead atoms. The molecule has 0 saturated heterocycles. The number of carbonyl (C=O) groups is 3. The molecular formula is C22H24N4O3. The third-order valence-electron chi connectivity index (χ3n) is 5.83. The lowest BCUT2D eigenvalue weighted by atomic mass is 9.95. The van der Waals surface area contributed by atoms with E-state index in [2.05, 4.69) is 15.4 Å². The second kappa shape index (κ2) is 7.73. The number of rotatable bonds is 5. The molecule has 1 aromatic heterocycles. The molecule has 2 heterocycles. The first-order valence-electron chi connectivity index (χ1n) is 10.00. The molecule has 2 amide bonds. The van der Waals surface area contributed by atoms with Crippen LogP contribution >= 0.6 is 0 Å². The van der Waals surface area contributed by atoms with E-state index < -0.39 is 5.92 Å². The highest BCUT2D eigenvalue weighted by molar-refractivity contribution is 6.09. The standard InChI is InChI=1S/C22H24N4O3/c1-13-7-14(2)25-22(29)18(13)10-23-21(28)17-8-15(12-27)9-20-19(17)11-24-26(20)16-5-3-4-6-16/h7-9,11-12,16,18H,3-6,10H2,1-2H3,(H,23,28). The minimum atomic E-state index is -0.464. The molecule has 1 unspecified atom stereocenters. The molecule has 4 rings (SSSR count). The Labute approximate surface area is 168 Å². The molecule has 7 heteroatoms. The number of nitrogens with one attached hydrogen (secondary N) is 1. The van der Waals surface area contributed by atoms with Gasteiger partial charge in [0.25, 0.3) is 11.8 Å². The van der Waals surface area contributed by atoms with Gasteiger partial charge in [0.15, 0.2) is 0 Å². The Kier molecular flexibility index (Phi) is 5.13. The Morgan fingerprint density at radius 1 is 1.28 bits per heavy atom. The first kappa shape index (κ1) is 19.2. The Balaban J connectivity index is 1.61. The maximum absolute atomic E-state index is 12.9. The Morgan fingerprint density at radius 3 is 2.72 bits per heavy atom. The predicted molar refractivity (Wildman–Crippen MR) is 110 cm³/mol. The summed E-state index contributed by atoms with van der Waals surface area (Å²) in [6, 6.07) is 3.68. The second-order valence-electron chi connectivity index (χ2n) is 7.89. The molecule has 150 valence electrons. The van der Waals surface area contributed by atoms with E-state index in [4.69, 9.17) is 0 Å². The smallest absolute Gasteiger partial charge is 0.254 e. The van der Waals surface area contributed by atoms with Gasteiger partial charge in [0.05, 0.1) is 29.2 Å². The maximum atomic E-state index is 12.9. The number of hydrogen-bond acceptors (Lipinski definition) is 4. The fraction of sp³-hybridized carbons (Fsp3) is 0.409. The van der Waals surface area contributed by atoms with E-state index in [1.807, 2.05) is 17.7 Å². The zero-order valence-electron chi connectivity index (χ0n) is 16.6. The largest absolute Gasteiger partial charge is 0.351 e. The van der Waals surface area contributed by atoms with Gasteiger partial charge in [0.1, 0.15) is 6.29 Å². The number of hydrogen-bond donors (Lipinski definition) is 1. The number of fused-ring (bicyclic) bond motifs is 1. The number of allylic oxidation sites excluding steroid dienone is 1. The van der Waals surface area contributed by atoms with Gasteiger partial charge in [0.2, 0.25) is 0 Å². The van der Waals surface area contributed by atoms with E-state index in [-0.39, 0.29) is 18.4 Å². The van der Waals surface area contributed by atoms with Crippen LogP contribution in [0.5, 0.6) is 0 Å². The van der Waals surface area contributed by atoms with Crippen LogP contribution < -0.4 is 5.32 Å². The van der Waals surface area contributed by atoms with Crippen molar-refractivity contribution in [3.8, 4) is 0 Å². The summed E-state index contributed by atoms with van der Waals surface area (Å²) in [5, 5.41) is 8.08. The fourth-order valence-corrected chi connectivity index (χ4v) is 4.31. The number of amides is 2. The first-order chi connectivity index (χ1) is 14.0. The number of aliphatic imine (C=N–C) groups is 1. The van der Waals surface area contributed by atoms with Crippen molar-refractivity contribution < 1.29 is 14.4 Å². The topological polar surface area (TPSA) is 93.4 Å². The molecule has 1 saturated carbocycles. The van der Waals surface area contributed by atoms with Gasteiger partial charge >= 0.3 is 0 Å². The zero-order valence-corrected chi connectivity index (χ0v) is 16.6. The average Bonchev–Trinajstić information content (AvgIpc) is 3.35. The minimum Gasteiger partial charge on any atom is -0.351 e. The molecule has 2 aliphatic rings. The quantitative estimate of drug-likeness (QED) is 0.791. The van der Waals surface area contributed by atoms with Crippen LogP contribution in [-0.2, 0) is 4.79 Å². The van der Waals surface area contributed by atoms with Gasteiger partial charge in [-0.3, -0.25) is 19.1 Å². The molecule has 7 nitrogen and oxygen atoms in total. The van der Waals surface area contributed by atoms with Gasteiger partial charge in [-0.15, -0.1) is 0 Å². The predicted octanol–water partition coefficient (Wildman–Crippen LogP) is 3.26. The van der Waals surface area contributed by atoms with Gasteiger partial charge in [-0.2, -0.15) is 5.10 Å². The number of dihydropyridines is 1. The Morgan fingerprint density at radius 2 is 2.03 bits per heavy atom. The normalized spacial score (nSPS) is 19.9. The van der Waals surface area contributed by atoms with Crippen molar-refractivity contribution in [3.63, 3.8) is 0 Å². The SMILES string of the molecule is CC1=CC(C)=NC(=O)C1CNC(=O)c1cc(C=O)cc2c1cnn2C1CCCC1. The van der Waals surface area contributed by atoms with E-state index in [9.17, 15) is 14.4 Å². The molecule has 1 aliphatic carbocycles. The average molecular weight is 392 g/mol. The number of aldehydes is 1. The van der Waals surface area contributed by atoms with E-state index in [0.717, 1.165) is 48.4 Å². The monoisotopic (exact) mass is 392 g/mol. The molecule has 2 aromatic rings. The van der Waals surface area contributed by atoms with Crippen molar-refractivity contribution in [2.45, 2.75) is 45.6 Å².